The molecule has 2 heterocycles. The molecule has 0 unspecified atom stereocenters. The number of hydrogen-bond donors (Lipinski definition) is 1. The van der Waals surface area contributed by atoms with Crippen LogP contribution in [0.2, 0.25) is 5.02 Å². The minimum Gasteiger partial charge on any atom is -0.368 e. The monoisotopic (exact) mass is 392 g/mol. The molecule has 1 aliphatic heterocycles. The Morgan fingerprint density at radius 1 is 1.11 bits per heavy atom. The van der Waals surface area contributed by atoms with Gasteiger partial charge in [0.05, 0.1) is 11.7 Å². The Kier molecular flexibility index (Phi) is 5.26. The normalized spacial score (nSPS) is 16.8. The number of anilines is 1. The standard InChI is InChI=1S/C22H21ClN4O/c23-17-10-6-9-16(13-17)18-14-25-22(24)26-20(18)19-11-4-5-12-27(19)21(28)15-7-2-1-3-8-15/h1-3,6-10,13-14,19H,4-5,11-12H2,(H2,24,25,26)/t19-/m0/s1. The van der Waals surface area contributed by atoms with Crippen molar-refractivity contribution in [2.24, 2.45) is 0 Å². The maximum absolute atomic E-state index is 13.2. The molecule has 3 aromatic rings. The van der Waals surface area contributed by atoms with Crippen LogP contribution in [0.4, 0.5) is 5.95 Å². The van der Waals surface area contributed by atoms with E-state index in [4.69, 9.17) is 17.3 Å². The van der Waals surface area contributed by atoms with Gasteiger partial charge in [0.2, 0.25) is 5.95 Å². The summed E-state index contributed by atoms with van der Waals surface area (Å²) < 4.78 is 0. The van der Waals surface area contributed by atoms with Crippen molar-refractivity contribution < 1.29 is 4.79 Å². The molecule has 5 nitrogen and oxygen atoms in total. The summed E-state index contributed by atoms with van der Waals surface area (Å²) in [5, 5.41) is 0.640. The number of piperidine rings is 1. The zero-order valence-corrected chi connectivity index (χ0v) is 16.1. The lowest BCUT2D eigenvalue weighted by molar-refractivity contribution is 0.0607. The topological polar surface area (TPSA) is 72.1 Å². The molecule has 1 fully saturated rings. The number of nitrogen functional groups attached to an aromatic ring is 1. The van der Waals surface area contributed by atoms with Crippen molar-refractivity contribution in [3.8, 4) is 11.1 Å². The molecule has 0 saturated carbocycles. The second kappa shape index (κ2) is 7.98. The van der Waals surface area contributed by atoms with Crippen LogP contribution in [-0.4, -0.2) is 27.3 Å². The highest BCUT2D eigenvalue weighted by molar-refractivity contribution is 6.30. The molecule has 1 saturated heterocycles. The lowest BCUT2D eigenvalue weighted by atomic mass is 9.93. The van der Waals surface area contributed by atoms with E-state index in [0.717, 1.165) is 36.1 Å². The van der Waals surface area contributed by atoms with Crippen LogP contribution < -0.4 is 5.73 Å². The highest BCUT2D eigenvalue weighted by atomic mass is 35.5. The Hall–Kier alpha value is -2.92. The van der Waals surface area contributed by atoms with E-state index in [1.54, 1.807) is 6.20 Å². The molecule has 0 spiro atoms. The molecule has 4 rings (SSSR count). The molecule has 0 bridgehead atoms. The van der Waals surface area contributed by atoms with E-state index in [0.29, 0.717) is 17.1 Å². The molecule has 1 aliphatic rings. The summed E-state index contributed by atoms with van der Waals surface area (Å²) in [6.07, 6.45) is 4.57. The molecule has 0 aliphatic carbocycles. The Morgan fingerprint density at radius 2 is 1.93 bits per heavy atom. The fourth-order valence-electron chi connectivity index (χ4n) is 3.75. The minimum atomic E-state index is -0.152. The Balaban J connectivity index is 1.78. The van der Waals surface area contributed by atoms with Crippen LogP contribution in [0.3, 0.4) is 0 Å². The zero-order valence-electron chi connectivity index (χ0n) is 15.4. The number of likely N-dealkylation sites (tertiary alicyclic amines) is 1. The third-order valence-electron chi connectivity index (χ3n) is 5.07. The predicted octanol–water partition coefficient (Wildman–Crippen LogP) is 4.75. The van der Waals surface area contributed by atoms with Crippen LogP contribution in [0, 0.1) is 0 Å². The van der Waals surface area contributed by atoms with Crippen molar-refractivity contribution in [3.05, 3.63) is 77.1 Å². The van der Waals surface area contributed by atoms with E-state index in [-0.39, 0.29) is 17.9 Å². The van der Waals surface area contributed by atoms with Gasteiger partial charge < -0.3 is 10.6 Å². The van der Waals surface area contributed by atoms with Crippen LogP contribution in [-0.2, 0) is 0 Å². The highest BCUT2D eigenvalue weighted by Gasteiger charge is 2.31. The third-order valence-corrected chi connectivity index (χ3v) is 5.31. The van der Waals surface area contributed by atoms with Gasteiger partial charge >= 0.3 is 0 Å². The van der Waals surface area contributed by atoms with Crippen molar-refractivity contribution in [1.29, 1.82) is 0 Å². The van der Waals surface area contributed by atoms with Crippen LogP contribution in [0.15, 0.2) is 60.8 Å². The molecule has 142 valence electrons. The van der Waals surface area contributed by atoms with Gasteiger partial charge in [0.25, 0.3) is 5.91 Å². The molecule has 1 aromatic heterocycles. The highest BCUT2D eigenvalue weighted by Crippen LogP contribution is 2.37. The summed E-state index contributed by atoms with van der Waals surface area (Å²) in [4.78, 5) is 23.9. The van der Waals surface area contributed by atoms with E-state index in [1.165, 1.54) is 0 Å². The van der Waals surface area contributed by atoms with Crippen LogP contribution in [0.5, 0.6) is 0 Å². The van der Waals surface area contributed by atoms with Crippen molar-refractivity contribution in [1.82, 2.24) is 14.9 Å². The summed E-state index contributed by atoms with van der Waals surface area (Å²) in [5.74, 6) is 0.220. The van der Waals surface area contributed by atoms with Gasteiger partial charge in [0, 0.05) is 28.9 Å². The molecule has 1 amide bonds. The second-order valence-corrected chi connectivity index (χ2v) is 7.35. The van der Waals surface area contributed by atoms with E-state index in [1.807, 2.05) is 59.5 Å². The number of amides is 1. The number of hydrogen-bond acceptors (Lipinski definition) is 4. The lowest BCUT2D eigenvalue weighted by Crippen LogP contribution is -2.39. The van der Waals surface area contributed by atoms with E-state index < -0.39 is 0 Å². The molecule has 1 atom stereocenters. The number of halogens is 1. The number of benzene rings is 2. The van der Waals surface area contributed by atoms with Gasteiger partial charge in [-0.3, -0.25) is 4.79 Å². The summed E-state index contributed by atoms with van der Waals surface area (Å²) in [5.41, 5.74) is 9.15. The quantitative estimate of drug-likeness (QED) is 0.698. The third kappa shape index (κ3) is 3.71. The number of carbonyl (C=O) groups excluding carboxylic acids is 1. The van der Waals surface area contributed by atoms with Crippen molar-refractivity contribution in [3.63, 3.8) is 0 Å². The summed E-state index contributed by atoms with van der Waals surface area (Å²) >= 11 is 6.19. The fraction of sp³-hybridized carbons (Fsp3) is 0.227. The minimum absolute atomic E-state index is 0.0135. The average Bonchev–Trinajstić information content (AvgIpc) is 2.74. The first-order valence-corrected chi connectivity index (χ1v) is 9.75. The zero-order chi connectivity index (χ0) is 19.5. The summed E-state index contributed by atoms with van der Waals surface area (Å²) in [6, 6.07) is 16.8. The lowest BCUT2D eigenvalue weighted by Gasteiger charge is -2.36. The molecule has 6 heteroatoms. The largest absolute Gasteiger partial charge is 0.368 e. The molecule has 2 aromatic carbocycles. The van der Waals surface area contributed by atoms with Gasteiger partial charge in [0.1, 0.15) is 0 Å². The SMILES string of the molecule is Nc1ncc(-c2cccc(Cl)c2)c([C@@H]2CCCCN2C(=O)c2ccccc2)n1. The average molecular weight is 393 g/mol. The number of rotatable bonds is 3. The van der Waals surface area contributed by atoms with Crippen LogP contribution in [0.1, 0.15) is 41.4 Å². The Morgan fingerprint density at radius 3 is 2.71 bits per heavy atom. The number of aromatic nitrogens is 2. The molecule has 28 heavy (non-hydrogen) atoms. The second-order valence-electron chi connectivity index (χ2n) is 6.91. The molecular formula is C22H21ClN4O. The van der Waals surface area contributed by atoms with E-state index in [9.17, 15) is 4.79 Å². The van der Waals surface area contributed by atoms with E-state index >= 15 is 0 Å². The van der Waals surface area contributed by atoms with Gasteiger partial charge in [-0.15, -0.1) is 0 Å². The number of nitrogens with zero attached hydrogens (tertiary/aromatic N) is 3. The smallest absolute Gasteiger partial charge is 0.254 e. The fourth-order valence-corrected chi connectivity index (χ4v) is 3.94. The van der Waals surface area contributed by atoms with Crippen molar-refractivity contribution in [2.45, 2.75) is 25.3 Å². The first kappa shape index (κ1) is 18.4. The van der Waals surface area contributed by atoms with Crippen molar-refractivity contribution in [2.75, 3.05) is 12.3 Å². The molecular weight excluding hydrogens is 372 g/mol. The van der Waals surface area contributed by atoms with Gasteiger partial charge in [-0.05, 0) is 49.1 Å². The summed E-state index contributed by atoms with van der Waals surface area (Å²) in [7, 11) is 0. The first-order valence-electron chi connectivity index (χ1n) is 9.38. The van der Waals surface area contributed by atoms with Crippen molar-refractivity contribution >= 4 is 23.5 Å². The Labute approximate surface area is 169 Å². The summed E-state index contributed by atoms with van der Waals surface area (Å²) in [6.45, 7) is 0.692. The maximum atomic E-state index is 13.2. The number of carbonyl (C=O) groups is 1. The van der Waals surface area contributed by atoms with Gasteiger partial charge in [-0.25, -0.2) is 9.97 Å². The Bertz CT molecular complexity index is 993. The molecule has 0 radical (unpaired) electrons. The van der Waals surface area contributed by atoms with Crippen LogP contribution >= 0.6 is 11.6 Å². The molecule has 2 N–H and O–H groups in total. The number of nitrogens with two attached hydrogens (primary N) is 1. The first-order chi connectivity index (χ1) is 13.6. The van der Waals surface area contributed by atoms with Crippen LogP contribution in [0.25, 0.3) is 11.1 Å². The predicted molar refractivity (Wildman–Crippen MR) is 111 cm³/mol. The van der Waals surface area contributed by atoms with E-state index in [2.05, 4.69) is 9.97 Å². The van der Waals surface area contributed by atoms with Gasteiger partial charge in [-0.2, -0.15) is 0 Å². The maximum Gasteiger partial charge on any atom is 0.254 e. The van der Waals surface area contributed by atoms with Gasteiger partial charge in [0.15, 0.2) is 0 Å². The van der Waals surface area contributed by atoms with Gasteiger partial charge in [-0.1, -0.05) is 41.9 Å².